The number of nitrogens with zero attached hydrogens (tertiary/aromatic N) is 2. The van der Waals surface area contributed by atoms with Gasteiger partial charge in [0.1, 0.15) is 11.9 Å². The molecule has 33 heavy (non-hydrogen) atoms. The predicted molar refractivity (Wildman–Crippen MR) is 118 cm³/mol. The van der Waals surface area contributed by atoms with Crippen LogP contribution in [0.2, 0.25) is 0 Å². The van der Waals surface area contributed by atoms with Crippen LogP contribution in [0.5, 0.6) is 0 Å². The minimum absolute atomic E-state index is 0.117. The number of ether oxygens (including phenoxy) is 1. The van der Waals surface area contributed by atoms with Gasteiger partial charge in [0.25, 0.3) is 0 Å². The van der Waals surface area contributed by atoms with Gasteiger partial charge >= 0.3 is 6.09 Å². The summed E-state index contributed by atoms with van der Waals surface area (Å²) in [4.78, 5) is 24.6. The fourth-order valence-electron chi connectivity index (χ4n) is 4.08. The number of halogens is 2. The molecule has 1 aliphatic carbocycles. The van der Waals surface area contributed by atoms with Gasteiger partial charge in [-0.3, -0.25) is 9.69 Å². The minimum Gasteiger partial charge on any atom is -0.442 e. The van der Waals surface area contributed by atoms with Crippen molar-refractivity contribution in [1.29, 1.82) is 5.26 Å². The number of carbonyl (C=O) groups excluding carboxylic acids is 2. The van der Waals surface area contributed by atoms with Crippen LogP contribution in [0.15, 0.2) is 66.8 Å². The number of nitriles is 1. The fourth-order valence-corrected chi connectivity index (χ4v) is 4.08. The summed E-state index contributed by atoms with van der Waals surface area (Å²) in [6.07, 6.45) is 4.93. The van der Waals surface area contributed by atoms with E-state index in [0.717, 1.165) is 0 Å². The Labute approximate surface area is 189 Å². The number of cyclic esters (lactones) is 1. The van der Waals surface area contributed by atoms with E-state index in [1.807, 2.05) is 6.07 Å². The van der Waals surface area contributed by atoms with Crippen LogP contribution in [0.3, 0.4) is 0 Å². The number of hydrogen-bond acceptors (Lipinski definition) is 4. The summed E-state index contributed by atoms with van der Waals surface area (Å²) >= 11 is 0. The van der Waals surface area contributed by atoms with E-state index in [1.54, 1.807) is 42.5 Å². The Kier molecular flexibility index (Phi) is 5.97. The number of benzene rings is 2. The molecule has 2 unspecified atom stereocenters. The summed E-state index contributed by atoms with van der Waals surface area (Å²) in [5.74, 6) is -1.89. The summed E-state index contributed by atoms with van der Waals surface area (Å²) < 4.78 is 36.8. The highest BCUT2D eigenvalue weighted by atomic mass is 19.1. The number of carbonyl (C=O) groups is 2. The molecule has 0 spiro atoms. The average molecular weight is 449 g/mol. The van der Waals surface area contributed by atoms with Gasteiger partial charge in [0.15, 0.2) is 5.67 Å². The molecule has 6 nitrogen and oxygen atoms in total. The van der Waals surface area contributed by atoms with Gasteiger partial charge in [-0.2, -0.15) is 5.26 Å². The summed E-state index contributed by atoms with van der Waals surface area (Å²) in [6, 6.07) is 12.4. The van der Waals surface area contributed by atoms with E-state index < -0.39 is 29.6 Å². The van der Waals surface area contributed by atoms with Crippen molar-refractivity contribution in [2.45, 2.75) is 24.6 Å². The molecular formula is C25H21F2N3O3. The first-order valence-electron chi connectivity index (χ1n) is 10.4. The van der Waals surface area contributed by atoms with E-state index in [0.29, 0.717) is 5.56 Å². The number of alkyl halides is 1. The van der Waals surface area contributed by atoms with Gasteiger partial charge in [0, 0.05) is 12.8 Å². The van der Waals surface area contributed by atoms with E-state index >= 15 is 8.78 Å². The van der Waals surface area contributed by atoms with Crippen LogP contribution in [0.1, 0.15) is 29.5 Å². The number of hydrogen-bond donors (Lipinski definition) is 1. The molecule has 1 aliphatic heterocycles. The molecule has 3 atom stereocenters. The molecule has 0 radical (unpaired) electrons. The standard InChI is InChI=1S/C25H21F2N3O3/c1-16(31)29-14-20-15-30(24(32)33-20)19-8-9-21(23(26)12-19)22-7-2-3-10-25(22,27)18-6-4-5-17(11-18)13-28/h2-12,20,22H,14-15H2,1H3,(H,29,31)/t20-,22?,25?/m0/s1. The second-order valence-corrected chi connectivity index (χ2v) is 7.94. The maximum atomic E-state index is 16.3. The van der Waals surface area contributed by atoms with Gasteiger partial charge in [-0.1, -0.05) is 36.4 Å². The molecule has 1 fully saturated rings. The number of amides is 2. The molecule has 0 aromatic heterocycles. The molecule has 2 amide bonds. The largest absolute Gasteiger partial charge is 0.442 e. The molecule has 2 aliphatic rings. The first-order valence-corrected chi connectivity index (χ1v) is 10.4. The Balaban J connectivity index is 1.61. The highest BCUT2D eigenvalue weighted by Gasteiger charge is 2.41. The summed E-state index contributed by atoms with van der Waals surface area (Å²) in [5.41, 5.74) is -1.10. The van der Waals surface area contributed by atoms with Crippen molar-refractivity contribution < 1.29 is 23.1 Å². The van der Waals surface area contributed by atoms with Crippen molar-refractivity contribution >= 4 is 17.7 Å². The molecule has 0 bridgehead atoms. The first-order chi connectivity index (χ1) is 15.8. The Morgan fingerprint density at radius 3 is 2.85 bits per heavy atom. The van der Waals surface area contributed by atoms with Crippen molar-refractivity contribution in [3.8, 4) is 6.07 Å². The van der Waals surface area contributed by atoms with Crippen molar-refractivity contribution in [2.24, 2.45) is 0 Å². The molecule has 1 N–H and O–H groups in total. The fraction of sp³-hybridized carbons (Fsp3) is 0.240. The van der Waals surface area contributed by atoms with Crippen LogP contribution in [0.25, 0.3) is 0 Å². The van der Waals surface area contributed by atoms with Crippen molar-refractivity contribution in [3.05, 3.63) is 89.3 Å². The summed E-state index contributed by atoms with van der Waals surface area (Å²) in [7, 11) is 0. The lowest BCUT2D eigenvalue weighted by molar-refractivity contribution is -0.119. The summed E-state index contributed by atoms with van der Waals surface area (Å²) in [6.45, 7) is 1.67. The quantitative estimate of drug-likeness (QED) is 0.741. The highest BCUT2D eigenvalue weighted by Crippen LogP contribution is 2.46. The molecule has 4 rings (SSSR count). The third-order valence-corrected chi connectivity index (χ3v) is 5.72. The normalized spacial score (nSPS) is 23.8. The van der Waals surface area contributed by atoms with Crippen LogP contribution in [-0.4, -0.2) is 31.2 Å². The first kappa shape index (κ1) is 22.2. The second-order valence-electron chi connectivity index (χ2n) is 7.94. The molecule has 1 heterocycles. The zero-order valence-corrected chi connectivity index (χ0v) is 17.8. The molecule has 2 aromatic carbocycles. The van der Waals surface area contributed by atoms with E-state index in [-0.39, 0.29) is 35.8 Å². The molecule has 8 heteroatoms. The van der Waals surface area contributed by atoms with E-state index in [9.17, 15) is 14.9 Å². The SMILES string of the molecule is CC(=O)NC[C@H]1CN(c2ccc(C3C=CC=CC3(F)c3cccc(C#N)c3)c(F)c2)C(=O)O1. The lowest BCUT2D eigenvalue weighted by Crippen LogP contribution is -2.33. The van der Waals surface area contributed by atoms with Gasteiger partial charge in [0.05, 0.1) is 30.4 Å². The highest BCUT2D eigenvalue weighted by molar-refractivity contribution is 5.89. The average Bonchev–Trinajstić information content (AvgIpc) is 3.19. The van der Waals surface area contributed by atoms with Crippen LogP contribution in [-0.2, 0) is 15.2 Å². The van der Waals surface area contributed by atoms with Gasteiger partial charge in [-0.15, -0.1) is 0 Å². The number of nitrogens with one attached hydrogen (secondary N) is 1. The van der Waals surface area contributed by atoms with Gasteiger partial charge < -0.3 is 10.1 Å². The van der Waals surface area contributed by atoms with Crippen LogP contribution in [0.4, 0.5) is 19.3 Å². The Bertz CT molecular complexity index is 1200. The Hall–Kier alpha value is -3.99. The Morgan fingerprint density at radius 1 is 1.30 bits per heavy atom. The van der Waals surface area contributed by atoms with Gasteiger partial charge in [-0.05, 0) is 41.5 Å². The lowest BCUT2D eigenvalue weighted by Gasteiger charge is -2.32. The molecule has 168 valence electrons. The second kappa shape index (κ2) is 8.87. The van der Waals surface area contributed by atoms with Gasteiger partial charge in [-0.25, -0.2) is 13.6 Å². The smallest absolute Gasteiger partial charge is 0.414 e. The molecule has 1 saturated heterocycles. The monoisotopic (exact) mass is 449 g/mol. The number of allylic oxidation sites excluding steroid dienone is 4. The van der Waals surface area contributed by atoms with Gasteiger partial charge in [0.2, 0.25) is 5.91 Å². The molecular weight excluding hydrogens is 428 g/mol. The third kappa shape index (κ3) is 4.35. The maximum absolute atomic E-state index is 16.3. The van der Waals surface area contributed by atoms with E-state index in [4.69, 9.17) is 4.74 Å². The van der Waals surface area contributed by atoms with Crippen LogP contribution < -0.4 is 10.2 Å². The molecule has 0 saturated carbocycles. The topological polar surface area (TPSA) is 82.4 Å². The van der Waals surface area contributed by atoms with Crippen molar-refractivity contribution in [3.63, 3.8) is 0 Å². The van der Waals surface area contributed by atoms with Crippen molar-refractivity contribution in [1.82, 2.24) is 5.32 Å². The number of rotatable bonds is 5. The van der Waals surface area contributed by atoms with E-state index in [2.05, 4.69) is 5.32 Å². The maximum Gasteiger partial charge on any atom is 0.414 e. The molecule has 2 aromatic rings. The lowest BCUT2D eigenvalue weighted by atomic mass is 9.76. The van der Waals surface area contributed by atoms with Crippen molar-refractivity contribution in [2.75, 3.05) is 18.0 Å². The predicted octanol–water partition coefficient (Wildman–Crippen LogP) is 4.23. The summed E-state index contributed by atoms with van der Waals surface area (Å²) in [5, 5.41) is 11.8. The minimum atomic E-state index is -2.06. The van der Waals surface area contributed by atoms with E-state index in [1.165, 1.54) is 36.1 Å². The van der Waals surface area contributed by atoms with Crippen LogP contribution in [0, 0.1) is 17.1 Å². The Morgan fingerprint density at radius 2 is 2.12 bits per heavy atom. The zero-order valence-electron chi connectivity index (χ0n) is 17.8. The number of anilines is 1. The zero-order chi connectivity index (χ0) is 23.6. The third-order valence-electron chi connectivity index (χ3n) is 5.72. The van der Waals surface area contributed by atoms with Crippen LogP contribution >= 0.6 is 0 Å².